The molecular weight excluding hydrogens is 231 g/mol. The zero-order valence-corrected chi connectivity index (χ0v) is 9.95. The van der Waals surface area contributed by atoms with Crippen molar-refractivity contribution < 1.29 is 4.79 Å². The topological polar surface area (TPSA) is 43.1 Å². The van der Waals surface area contributed by atoms with Crippen LogP contribution in [0.2, 0.25) is 10.2 Å². The summed E-state index contributed by atoms with van der Waals surface area (Å²) in [6.07, 6.45) is 3.35. The molecule has 1 aliphatic carbocycles. The number of benzene rings is 1. The summed E-state index contributed by atoms with van der Waals surface area (Å²) >= 11 is 6.07. The Morgan fingerprint density at radius 1 is 1.29 bits per heavy atom. The maximum atomic E-state index is 12.1. The summed E-state index contributed by atoms with van der Waals surface area (Å²) in [5, 5.41) is -0.956. The molecule has 1 unspecified atom stereocenters. The number of ketones is 1. The lowest BCUT2D eigenvalue weighted by Gasteiger charge is -2.45. The SMILES string of the molecule is [B]C1([B])CC=CC(=O)C1(N)c1ccccc1Cl. The van der Waals surface area contributed by atoms with Crippen LogP contribution in [0, 0.1) is 0 Å². The summed E-state index contributed by atoms with van der Waals surface area (Å²) in [7, 11) is 11.9. The summed E-state index contributed by atoms with van der Waals surface area (Å²) in [4.78, 5) is 12.1. The Kier molecular flexibility index (Phi) is 2.96. The number of hydrogen-bond donors (Lipinski definition) is 1. The minimum absolute atomic E-state index is 0.320. The van der Waals surface area contributed by atoms with Gasteiger partial charge in [0.15, 0.2) is 5.78 Å². The van der Waals surface area contributed by atoms with Crippen LogP contribution in [0.5, 0.6) is 0 Å². The van der Waals surface area contributed by atoms with E-state index in [1.54, 1.807) is 30.3 Å². The Bertz CT molecular complexity index is 501. The van der Waals surface area contributed by atoms with Crippen LogP contribution < -0.4 is 5.73 Å². The van der Waals surface area contributed by atoms with E-state index >= 15 is 0 Å². The highest BCUT2D eigenvalue weighted by molar-refractivity contribution is 6.44. The second-order valence-electron chi connectivity index (χ2n) is 4.30. The van der Waals surface area contributed by atoms with Crippen LogP contribution in [0.25, 0.3) is 0 Å². The number of carbonyl (C=O) groups is 1. The molecular formula is C12H10B2ClNO. The van der Waals surface area contributed by atoms with E-state index in [1.165, 1.54) is 6.08 Å². The van der Waals surface area contributed by atoms with Crippen molar-refractivity contribution in [2.24, 2.45) is 5.73 Å². The lowest BCUT2D eigenvalue weighted by Crippen LogP contribution is -2.56. The van der Waals surface area contributed by atoms with E-state index < -0.39 is 10.8 Å². The van der Waals surface area contributed by atoms with E-state index in [-0.39, 0.29) is 5.78 Å². The molecule has 1 aromatic rings. The van der Waals surface area contributed by atoms with Crippen molar-refractivity contribution in [2.75, 3.05) is 0 Å². The van der Waals surface area contributed by atoms with E-state index in [0.29, 0.717) is 17.0 Å². The molecule has 82 valence electrons. The normalized spacial score (nSPS) is 27.1. The standard InChI is InChI=1S/C12H10B2ClNO/c13-11(14)7-3-6-10(17)12(11,16)8-4-1-2-5-9(8)15/h1-6H,7,16H2. The Balaban J connectivity index is 2.65. The molecule has 5 heteroatoms. The van der Waals surface area contributed by atoms with E-state index in [2.05, 4.69) is 0 Å². The highest BCUT2D eigenvalue weighted by Gasteiger charge is 2.48. The number of hydrogen-bond acceptors (Lipinski definition) is 2. The van der Waals surface area contributed by atoms with Gasteiger partial charge in [-0.05, 0) is 24.1 Å². The first-order valence-corrected chi connectivity index (χ1v) is 5.60. The predicted octanol–water partition coefficient (Wildman–Crippen LogP) is 1.48. The third-order valence-electron chi connectivity index (χ3n) is 3.15. The van der Waals surface area contributed by atoms with E-state index in [1.807, 2.05) is 0 Å². The van der Waals surface area contributed by atoms with Crippen LogP contribution >= 0.6 is 11.6 Å². The second-order valence-corrected chi connectivity index (χ2v) is 4.71. The summed E-state index contributed by atoms with van der Waals surface area (Å²) in [6.45, 7) is 0. The number of rotatable bonds is 1. The average Bonchev–Trinajstić information content (AvgIpc) is 2.26. The van der Waals surface area contributed by atoms with Crippen molar-refractivity contribution in [1.29, 1.82) is 0 Å². The minimum Gasteiger partial charge on any atom is -0.316 e. The number of halogens is 1. The average molecular weight is 241 g/mol. The van der Waals surface area contributed by atoms with Crippen molar-refractivity contribution in [2.45, 2.75) is 17.2 Å². The van der Waals surface area contributed by atoms with Crippen LogP contribution in [0.3, 0.4) is 0 Å². The zero-order valence-electron chi connectivity index (χ0n) is 9.19. The summed E-state index contributed by atoms with van der Waals surface area (Å²) in [5.41, 5.74) is 5.14. The molecule has 0 saturated carbocycles. The maximum absolute atomic E-state index is 12.1. The minimum atomic E-state index is -1.49. The van der Waals surface area contributed by atoms with Gasteiger partial charge in [0, 0.05) is 5.02 Å². The van der Waals surface area contributed by atoms with E-state index in [4.69, 9.17) is 33.0 Å². The number of allylic oxidation sites excluding steroid dienone is 1. The molecule has 0 bridgehead atoms. The molecule has 0 aromatic heterocycles. The van der Waals surface area contributed by atoms with Crippen molar-refractivity contribution in [1.82, 2.24) is 0 Å². The predicted molar refractivity (Wildman–Crippen MR) is 70.3 cm³/mol. The van der Waals surface area contributed by atoms with E-state index in [0.717, 1.165) is 0 Å². The van der Waals surface area contributed by atoms with Gasteiger partial charge in [0.25, 0.3) is 0 Å². The summed E-state index contributed by atoms with van der Waals surface area (Å²) in [6, 6.07) is 6.84. The number of carbonyl (C=O) groups excluding carboxylic acids is 1. The Hall–Kier alpha value is -0.990. The molecule has 1 aliphatic rings. The molecule has 1 atom stereocenters. The first-order chi connectivity index (χ1) is 7.89. The molecule has 0 aliphatic heterocycles. The van der Waals surface area contributed by atoms with Gasteiger partial charge in [-0.15, -0.1) is 0 Å². The molecule has 0 saturated heterocycles. The molecule has 0 fully saturated rings. The van der Waals surface area contributed by atoms with Crippen LogP contribution in [-0.2, 0) is 10.3 Å². The van der Waals surface area contributed by atoms with Crippen LogP contribution in [0.4, 0.5) is 0 Å². The van der Waals surface area contributed by atoms with Gasteiger partial charge < -0.3 is 5.73 Å². The van der Waals surface area contributed by atoms with Gasteiger partial charge in [0.2, 0.25) is 0 Å². The van der Waals surface area contributed by atoms with Gasteiger partial charge in [-0.25, -0.2) is 0 Å². The molecule has 4 radical (unpaired) electrons. The maximum Gasteiger partial charge on any atom is 0.178 e. The summed E-state index contributed by atoms with van der Waals surface area (Å²) in [5.74, 6) is -0.332. The Labute approximate surface area is 108 Å². The van der Waals surface area contributed by atoms with Crippen LogP contribution in [0.1, 0.15) is 12.0 Å². The summed E-state index contributed by atoms with van der Waals surface area (Å²) < 4.78 is 0. The van der Waals surface area contributed by atoms with Gasteiger partial charge in [0.1, 0.15) is 0 Å². The van der Waals surface area contributed by atoms with Gasteiger partial charge in [0.05, 0.1) is 21.2 Å². The van der Waals surface area contributed by atoms with Gasteiger partial charge in [-0.3, -0.25) is 4.79 Å². The fraction of sp³-hybridized carbons (Fsp3) is 0.250. The lowest BCUT2D eigenvalue weighted by atomic mass is 9.40. The smallest absolute Gasteiger partial charge is 0.178 e. The van der Waals surface area contributed by atoms with Crippen molar-refractivity contribution in [3.63, 3.8) is 0 Å². The molecule has 2 N–H and O–H groups in total. The van der Waals surface area contributed by atoms with E-state index in [9.17, 15) is 4.79 Å². The first kappa shape index (κ1) is 12.5. The van der Waals surface area contributed by atoms with Crippen molar-refractivity contribution in [3.05, 3.63) is 47.0 Å². The lowest BCUT2D eigenvalue weighted by molar-refractivity contribution is -0.120. The van der Waals surface area contributed by atoms with Crippen LogP contribution in [-0.4, -0.2) is 21.5 Å². The van der Waals surface area contributed by atoms with Gasteiger partial charge >= 0.3 is 0 Å². The largest absolute Gasteiger partial charge is 0.316 e. The van der Waals surface area contributed by atoms with Crippen molar-refractivity contribution >= 4 is 33.1 Å². The van der Waals surface area contributed by atoms with Crippen LogP contribution in [0.15, 0.2) is 36.4 Å². The second kappa shape index (κ2) is 4.04. The van der Waals surface area contributed by atoms with Gasteiger partial charge in [-0.1, -0.05) is 41.1 Å². The Morgan fingerprint density at radius 3 is 2.53 bits per heavy atom. The monoisotopic (exact) mass is 241 g/mol. The fourth-order valence-corrected chi connectivity index (χ4v) is 2.33. The molecule has 2 rings (SSSR count). The molecule has 17 heavy (non-hydrogen) atoms. The zero-order chi connectivity index (χ0) is 12.7. The third-order valence-corrected chi connectivity index (χ3v) is 3.48. The Morgan fingerprint density at radius 2 is 1.94 bits per heavy atom. The highest BCUT2D eigenvalue weighted by atomic mass is 35.5. The molecule has 0 spiro atoms. The number of nitrogens with two attached hydrogens (primary N) is 1. The fourth-order valence-electron chi connectivity index (χ4n) is 2.05. The molecule has 0 heterocycles. The first-order valence-electron chi connectivity index (χ1n) is 5.22. The quantitative estimate of drug-likeness (QED) is 0.757. The van der Waals surface area contributed by atoms with Crippen molar-refractivity contribution in [3.8, 4) is 0 Å². The molecule has 0 amide bonds. The molecule has 2 nitrogen and oxygen atoms in total. The third kappa shape index (κ3) is 1.76. The highest BCUT2D eigenvalue weighted by Crippen LogP contribution is 2.47. The molecule has 1 aromatic carbocycles. The van der Waals surface area contributed by atoms with Gasteiger partial charge in [-0.2, -0.15) is 0 Å².